The van der Waals surface area contributed by atoms with Crippen molar-refractivity contribution in [1.29, 1.82) is 5.26 Å². The number of hydrogen-bond donors (Lipinski definition) is 1. The summed E-state index contributed by atoms with van der Waals surface area (Å²) >= 11 is 0. The molecule has 0 unspecified atom stereocenters. The maximum atomic E-state index is 11.9. The van der Waals surface area contributed by atoms with Crippen LogP contribution in [0.1, 0.15) is 24.8 Å². The van der Waals surface area contributed by atoms with Crippen molar-refractivity contribution in [2.75, 3.05) is 11.9 Å². The van der Waals surface area contributed by atoms with E-state index in [1.54, 1.807) is 6.07 Å². The molecule has 8 heteroatoms. The zero-order valence-corrected chi connectivity index (χ0v) is 10.4. The molecule has 0 radical (unpaired) electrons. The largest absolute Gasteiger partial charge is 0.389 e. The zero-order chi connectivity index (χ0) is 15.2. The maximum Gasteiger partial charge on any atom is 0.389 e. The van der Waals surface area contributed by atoms with E-state index in [0.717, 1.165) is 0 Å². The molecule has 20 heavy (non-hydrogen) atoms. The second-order valence-electron chi connectivity index (χ2n) is 4.07. The fourth-order valence-corrected chi connectivity index (χ4v) is 1.65. The molecule has 5 nitrogen and oxygen atoms in total. The van der Waals surface area contributed by atoms with Gasteiger partial charge in [-0.05, 0) is 25.0 Å². The van der Waals surface area contributed by atoms with Crippen LogP contribution >= 0.6 is 0 Å². The van der Waals surface area contributed by atoms with Crippen molar-refractivity contribution in [2.24, 2.45) is 0 Å². The lowest BCUT2D eigenvalue weighted by Gasteiger charge is -2.08. The first-order valence-electron chi connectivity index (χ1n) is 5.83. The number of nitro benzene ring substituents is 1. The van der Waals surface area contributed by atoms with Crippen LogP contribution in [-0.4, -0.2) is 17.6 Å². The van der Waals surface area contributed by atoms with Gasteiger partial charge in [-0.25, -0.2) is 0 Å². The minimum absolute atomic E-state index is 0.0533. The molecule has 1 aromatic rings. The lowest BCUT2D eigenvalue weighted by Crippen LogP contribution is -2.09. The summed E-state index contributed by atoms with van der Waals surface area (Å²) < 4.78 is 35.8. The molecule has 0 amide bonds. The predicted molar refractivity (Wildman–Crippen MR) is 66.2 cm³/mol. The van der Waals surface area contributed by atoms with E-state index in [1.165, 1.54) is 18.2 Å². The molecule has 1 rings (SSSR count). The van der Waals surface area contributed by atoms with Gasteiger partial charge in [-0.15, -0.1) is 0 Å². The van der Waals surface area contributed by atoms with Crippen molar-refractivity contribution in [3.05, 3.63) is 33.9 Å². The molecule has 0 saturated heterocycles. The van der Waals surface area contributed by atoms with Gasteiger partial charge in [-0.3, -0.25) is 10.1 Å². The summed E-state index contributed by atoms with van der Waals surface area (Å²) in [7, 11) is 0. The summed E-state index contributed by atoms with van der Waals surface area (Å²) in [5.41, 5.74) is -0.304. The first kappa shape index (κ1) is 15.8. The van der Waals surface area contributed by atoms with Crippen molar-refractivity contribution < 1.29 is 18.1 Å². The monoisotopic (exact) mass is 287 g/mol. The van der Waals surface area contributed by atoms with Gasteiger partial charge in [0.1, 0.15) is 17.3 Å². The van der Waals surface area contributed by atoms with Gasteiger partial charge < -0.3 is 5.32 Å². The fourth-order valence-electron chi connectivity index (χ4n) is 1.65. The van der Waals surface area contributed by atoms with Crippen LogP contribution in [-0.2, 0) is 0 Å². The number of nitro groups is 1. The highest BCUT2D eigenvalue weighted by atomic mass is 19.4. The number of nitrogens with one attached hydrogen (secondary N) is 1. The highest BCUT2D eigenvalue weighted by Gasteiger charge is 2.26. The third-order valence-electron chi connectivity index (χ3n) is 2.54. The molecule has 0 atom stereocenters. The Hall–Kier alpha value is -2.30. The standard InChI is InChI=1S/C12H12F3N3O2/c13-12(14,15)6-1-2-7-17-10-5-3-4-9(8-16)11(10)18(19)20/h3-5,17H,1-2,6-7H2. The fraction of sp³-hybridized carbons (Fsp3) is 0.417. The molecular weight excluding hydrogens is 275 g/mol. The third-order valence-corrected chi connectivity index (χ3v) is 2.54. The van der Waals surface area contributed by atoms with Crippen molar-refractivity contribution in [3.63, 3.8) is 0 Å². The number of halogens is 3. The Bertz CT molecular complexity index is 524. The van der Waals surface area contributed by atoms with Gasteiger partial charge in [-0.2, -0.15) is 18.4 Å². The Morgan fingerprint density at radius 1 is 1.35 bits per heavy atom. The Morgan fingerprint density at radius 3 is 2.60 bits per heavy atom. The molecular formula is C12H12F3N3O2. The lowest BCUT2D eigenvalue weighted by molar-refractivity contribution is -0.384. The highest BCUT2D eigenvalue weighted by Crippen LogP contribution is 2.28. The average Bonchev–Trinajstić information content (AvgIpc) is 2.36. The summed E-state index contributed by atoms with van der Waals surface area (Å²) in [6, 6.07) is 5.92. The number of hydrogen-bond acceptors (Lipinski definition) is 4. The summed E-state index contributed by atoms with van der Waals surface area (Å²) in [6.07, 6.45) is -4.89. The highest BCUT2D eigenvalue weighted by molar-refractivity contribution is 5.68. The van der Waals surface area contributed by atoms with Gasteiger partial charge in [0, 0.05) is 13.0 Å². The second-order valence-corrected chi connectivity index (χ2v) is 4.07. The molecule has 0 heterocycles. The topological polar surface area (TPSA) is 79.0 Å². The van der Waals surface area contributed by atoms with Crippen LogP contribution in [0.2, 0.25) is 0 Å². The normalized spacial score (nSPS) is 10.9. The molecule has 0 aliphatic carbocycles. The summed E-state index contributed by atoms with van der Waals surface area (Å²) in [5, 5.41) is 22.4. The smallest absolute Gasteiger partial charge is 0.379 e. The Kier molecular flexibility index (Phi) is 5.32. The SMILES string of the molecule is N#Cc1cccc(NCCCCC(F)(F)F)c1[N+](=O)[O-]. The summed E-state index contributed by atoms with van der Waals surface area (Å²) in [4.78, 5) is 10.2. The lowest BCUT2D eigenvalue weighted by atomic mass is 10.1. The van der Waals surface area contributed by atoms with E-state index in [2.05, 4.69) is 5.32 Å². The number of unbranched alkanes of at least 4 members (excludes halogenated alkanes) is 1. The van der Waals surface area contributed by atoms with Crippen molar-refractivity contribution >= 4 is 11.4 Å². The van der Waals surface area contributed by atoms with Crippen LogP contribution in [0.4, 0.5) is 24.5 Å². The van der Waals surface area contributed by atoms with Gasteiger partial charge in [0.05, 0.1) is 4.92 Å². The van der Waals surface area contributed by atoms with Gasteiger partial charge in [0.2, 0.25) is 0 Å². The summed E-state index contributed by atoms with van der Waals surface area (Å²) in [6.45, 7) is 0.172. The van der Waals surface area contributed by atoms with Gasteiger partial charge in [0.25, 0.3) is 0 Å². The first-order chi connectivity index (χ1) is 9.35. The zero-order valence-electron chi connectivity index (χ0n) is 10.4. The van der Waals surface area contributed by atoms with Gasteiger partial charge in [-0.1, -0.05) is 6.07 Å². The van der Waals surface area contributed by atoms with Gasteiger partial charge in [0.15, 0.2) is 0 Å². The molecule has 0 fully saturated rings. The van der Waals surface area contributed by atoms with E-state index < -0.39 is 17.5 Å². The molecule has 0 aromatic heterocycles. The third kappa shape index (κ3) is 4.76. The van der Waals surface area contributed by atoms with Crippen LogP contribution in [0, 0.1) is 21.4 Å². The van der Waals surface area contributed by atoms with E-state index >= 15 is 0 Å². The maximum absolute atomic E-state index is 11.9. The summed E-state index contributed by atoms with van der Waals surface area (Å²) in [5.74, 6) is 0. The molecule has 0 bridgehead atoms. The number of rotatable bonds is 6. The predicted octanol–water partition coefficient (Wildman–Crippen LogP) is 3.61. The van der Waals surface area contributed by atoms with Crippen LogP contribution in [0.3, 0.4) is 0 Å². The number of alkyl halides is 3. The van der Waals surface area contributed by atoms with E-state index in [-0.39, 0.29) is 36.3 Å². The quantitative estimate of drug-likeness (QED) is 0.492. The molecule has 1 N–H and O–H groups in total. The van der Waals surface area contributed by atoms with Gasteiger partial charge >= 0.3 is 11.9 Å². The molecule has 1 aromatic carbocycles. The number of para-hydroxylation sites is 1. The first-order valence-corrected chi connectivity index (χ1v) is 5.83. The second kappa shape index (κ2) is 6.75. The van der Waals surface area contributed by atoms with Crippen LogP contribution in [0.15, 0.2) is 18.2 Å². The van der Waals surface area contributed by atoms with Crippen molar-refractivity contribution in [3.8, 4) is 6.07 Å². The Balaban J connectivity index is 2.61. The van der Waals surface area contributed by atoms with E-state index in [9.17, 15) is 23.3 Å². The molecule has 108 valence electrons. The number of nitriles is 1. The van der Waals surface area contributed by atoms with Crippen molar-refractivity contribution in [1.82, 2.24) is 0 Å². The van der Waals surface area contributed by atoms with Crippen LogP contribution in [0.25, 0.3) is 0 Å². The van der Waals surface area contributed by atoms with Crippen LogP contribution < -0.4 is 5.32 Å². The molecule has 0 saturated carbocycles. The molecule has 0 aliphatic rings. The van der Waals surface area contributed by atoms with E-state index in [4.69, 9.17) is 5.26 Å². The van der Waals surface area contributed by atoms with E-state index in [0.29, 0.717) is 0 Å². The minimum Gasteiger partial charge on any atom is -0.379 e. The van der Waals surface area contributed by atoms with Crippen molar-refractivity contribution in [2.45, 2.75) is 25.4 Å². The number of anilines is 1. The molecule has 0 aliphatic heterocycles. The van der Waals surface area contributed by atoms with Crippen LogP contribution in [0.5, 0.6) is 0 Å². The number of nitrogens with zero attached hydrogens (tertiary/aromatic N) is 2. The Labute approximate surface area is 113 Å². The minimum atomic E-state index is -4.19. The molecule has 0 spiro atoms. The van der Waals surface area contributed by atoms with E-state index in [1.807, 2.05) is 0 Å². The average molecular weight is 287 g/mol. The Morgan fingerprint density at radius 2 is 2.05 bits per heavy atom. The number of benzene rings is 1.